The quantitative estimate of drug-likeness (QED) is 0.740. The van der Waals surface area contributed by atoms with Crippen LogP contribution in [0.3, 0.4) is 0 Å². The van der Waals surface area contributed by atoms with E-state index in [1.807, 2.05) is 6.92 Å². The number of phenols is 1. The summed E-state index contributed by atoms with van der Waals surface area (Å²) in [5, 5.41) is 12.2. The molecule has 1 amide bonds. The van der Waals surface area contributed by atoms with E-state index in [0.29, 0.717) is 18.7 Å². The Morgan fingerprint density at radius 3 is 2.47 bits per heavy atom. The number of aromatic hydroxyl groups is 1. The van der Waals surface area contributed by atoms with E-state index in [4.69, 9.17) is 28.9 Å². The number of nitrogens with one attached hydrogen (secondary N) is 1. The topological polar surface area (TPSA) is 75.4 Å². The molecule has 0 aliphatic rings. The number of nitrogens with two attached hydrogens (primary N) is 1. The van der Waals surface area contributed by atoms with Crippen molar-refractivity contribution in [2.45, 2.75) is 13.3 Å². The molecule has 1 aromatic rings. The number of halogens is 2. The van der Waals surface area contributed by atoms with Crippen LogP contribution >= 0.6 is 23.2 Å². The minimum atomic E-state index is -0.193. The lowest BCUT2D eigenvalue weighted by molar-refractivity contribution is -0.116. The third kappa shape index (κ3) is 4.07. The van der Waals surface area contributed by atoms with Crippen molar-refractivity contribution >= 4 is 34.8 Å². The van der Waals surface area contributed by atoms with Crippen LogP contribution in [0.15, 0.2) is 12.1 Å². The highest BCUT2D eigenvalue weighted by Crippen LogP contribution is 2.34. The average molecular weight is 277 g/mol. The summed E-state index contributed by atoms with van der Waals surface area (Å²) in [5.41, 5.74) is 5.88. The van der Waals surface area contributed by atoms with E-state index in [9.17, 15) is 9.90 Å². The fourth-order valence-electron chi connectivity index (χ4n) is 1.25. The number of phenolic OH excluding ortho intramolecular Hbond substituents is 1. The molecule has 17 heavy (non-hydrogen) atoms. The predicted molar refractivity (Wildman–Crippen MR) is 69.6 cm³/mol. The molecule has 0 aromatic heterocycles. The first-order chi connectivity index (χ1) is 7.93. The molecule has 1 unspecified atom stereocenters. The predicted octanol–water partition coefficient (Wildman–Crippen LogP) is 2.62. The van der Waals surface area contributed by atoms with Gasteiger partial charge in [0.25, 0.3) is 0 Å². The number of carbonyl (C=O) groups excluding carboxylic acids is 1. The van der Waals surface area contributed by atoms with Gasteiger partial charge in [-0.15, -0.1) is 0 Å². The minimum absolute atomic E-state index is 0.0969. The first-order valence-corrected chi connectivity index (χ1v) is 5.87. The summed E-state index contributed by atoms with van der Waals surface area (Å²) in [6, 6.07) is 2.88. The van der Waals surface area contributed by atoms with Gasteiger partial charge in [-0.1, -0.05) is 30.1 Å². The fraction of sp³-hybridized carbons (Fsp3) is 0.364. The van der Waals surface area contributed by atoms with Gasteiger partial charge in [0.1, 0.15) is 0 Å². The Kier molecular flexibility index (Phi) is 5.05. The second-order valence-corrected chi connectivity index (χ2v) is 4.70. The second kappa shape index (κ2) is 6.10. The van der Waals surface area contributed by atoms with E-state index in [-0.39, 0.29) is 27.6 Å². The first kappa shape index (κ1) is 14.1. The molecule has 0 fully saturated rings. The third-order valence-electron chi connectivity index (χ3n) is 2.24. The summed E-state index contributed by atoms with van der Waals surface area (Å²) in [6.07, 6.45) is 0.326. The van der Waals surface area contributed by atoms with Crippen LogP contribution in [-0.4, -0.2) is 17.6 Å². The molecule has 0 radical (unpaired) electrons. The van der Waals surface area contributed by atoms with Crippen LogP contribution in [0.4, 0.5) is 5.69 Å². The zero-order valence-corrected chi connectivity index (χ0v) is 10.8. The van der Waals surface area contributed by atoms with E-state index < -0.39 is 0 Å². The van der Waals surface area contributed by atoms with Gasteiger partial charge < -0.3 is 16.2 Å². The van der Waals surface area contributed by atoms with Crippen LogP contribution in [0.2, 0.25) is 10.0 Å². The summed E-state index contributed by atoms with van der Waals surface area (Å²) < 4.78 is 0. The maximum Gasteiger partial charge on any atom is 0.224 e. The second-order valence-electron chi connectivity index (χ2n) is 3.88. The summed E-state index contributed by atoms with van der Waals surface area (Å²) in [5.74, 6) is -0.250. The SMILES string of the molecule is CC(CN)CC(=O)Nc1cc(Cl)c(O)c(Cl)c1. The molecule has 6 heteroatoms. The van der Waals surface area contributed by atoms with Crippen molar-refractivity contribution in [3.8, 4) is 5.75 Å². The molecular formula is C11H14Cl2N2O2. The Balaban J connectivity index is 2.72. The Labute approximate surface area is 110 Å². The van der Waals surface area contributed by atoms with E-state index in [1.54, 1.807) is 0 Å². The molecule has 0 heterocycles. The van der Waals surface area contributed by atoms with Crippen molar-refractivity contribution in [2.24, 2.45) is 11.7 Å². The largest absolute Gasteiger partial charge is 0.505 e. The molecule has 1 rings (SSSR count). The van der Waals surface area contributed by atoms with Crippen molar-refractivity contribution in [1.29, 1.82) is 0 Å². The summed E-state index contributed by atoms with van der Waals surface area (Å²) in [4.78, 5) is 11.6. The molecule has 4 nitrogen and oxygen atoms in total. The van der Waals surface area contributed by atoms with Gasteiger partial charge in [-0.2, -0.15) is 0 Å². The van der Waals surface area contributed by atoms with Gasteiger partial charge in [0.15, 0.2) is 5.75 Å². The zero-order chi connectivity index (χ0) is 13.0. The Morgan fingerprint density at radius 1 is 1.47 bits per heavy atom. The number of hydrogen-bond acceptors (Lipinski definition) is 3. The molecule has 0 aliphatic carbocycles. The van der Waals surface area contributed by atoms with E-state index >= 15 is 0 Å². The highest BCUT2D eigenvalue weighted by molar-refractivity contribution is 6.37. The molecule has 0 saturated heterocycles. The van der Waals surface area contributed by atoms with Gasteiger partial charge in [-0.25, -0.2) is 0 Å². The van der Waals surface area contributed by atoms with Gasteiger partial charge in [0, 0.05) is 12.1 Å². The number of rotatable bonds is 4. The van der Waals surface area contributed by atoms with Crippen LogP contribution in [0, 0.1) is 5.92 Å². The van der Waals surface area contributed by atoms with Crippen molar-refractivity contribution < 1.29 is 9.90 Å². The highest BCUT2D eigenvalue weighted by atomic mass is 35.5. The first-order valence-electron chi connectivity index (χ1n) is 5.12. The third-order valence-corrected chi connectivity index (χ3v) is 2.81. The molecule has 0 bridgehead atoms. The zero-order valence-electron chi connectivity index (χ0n) is 9.34. The molecular weight excluding hydrogens is 263 g/mol. The molecule has 1 aromatic carbocycles. The van der Waals surface area contributed by atoms with Gasteiger partial charge in [0.2, 0.25) is 5.91 Å². The van der Waals surface area contributed by atoms with Gasteiger partial charge in [-0.3, -0.25) is 4.79 Å². The normalized spacial score (nSPS) is 12.2. The van der Waals surface area contributed by atoms with Gasteiger partial charge >= 0.3 is 0 Å². The standard InChI is InChI=1S/C11H14Cl2N2O2/c1-6(5-14)2-10(16)15-7-3-8(12)11(17)9(13)4-7/h3-4,6,17H,2,5,14H2,1H3,(H,15,16). The van der Waals surface area contributed by atoms with Gasteiger partial charge in [0.05, 0.1) is 10.0 Å². The van der Waals surface area contributed by atoms with E-state index in [0.717, 1.165) is 0 Å². The van der Waals surface area contributed by atoms with Crippen LogP contribution in [0.5, 0.6) is 5.75 Å². The van der Waals surface area contributed by atoms with Crippen molar-refractivity contribution in [3.05, 3.63) is 22.2 Å². The maximum atomic E-state index is 11.6. The summed E-state index contributed by atoms with van der Waals surface area (Å²) >= 11 is 11.5. The fourth-order valence-corrected chi connectivity index (χ4v) is 1.74. The number of carbonyl (C=O) groups is 1. The Bertz CT molecular complexity index is 401. The van der Waals surface area contributed by atoms with Crippen LogP contribution in [0.25, 0.3) is 0 Å². The lowest BCUT2D eigenvalue weighted by Gasteiger charge is -2.10. The van der Waals surface area contributed by atoms with Gasteiger partial charge in [-0.05, 0) is 24.6 Å². The minimum Gasteiger partial charge on any atom is -0.505 e. The van der Waals surface area contributed by atoms with Crippen molar-refractivity contribution in [1.82, 2.24) is 0 Å². The molecule has 94 valence electrons. The lowest BCUT2D eigenvalue weighted by Crippen LogP contribution is -2.20. The Morgan fingerprint density at radius 2 is 2.00 bits per heavy atom. The monoisotopic (exact) mass is 276 g/mol. The number of amides is 1. The molecule has 0 aliphatic heterocycles. The molecule has 1 atom stereocenters. The molecule has 0 spiro atoms. The van der Waals surface area contributed by atoms with Crippen molar-refractivity contribution in [3.63, 3.8) is 0 Å². The summed E-state index contributed by atoms with van der Waals surface area (Å²) in [7, 11) is 0. The molecule has 4 N–H and O–H groups in total. The summed E-state index contributed by atoms with van der Waals surface area (Å²) in [6.45, 7) is 2.33. The average Bonchev–Trinajstić information content (AvgIpc) is 2.25. The maximum absolute atomic E-state index is 11.6. The number of anilines is 1. The molecule has 0 saturated carbocycles. The van der Waals surface area contributed by atoms with Crippen LogP contribution in [-0.2, 0) is 4.79 Å². The number of hydrogen-bond donors (Lipinski definition) is 3. The van der Waals surface area contributed by atoms with E-state index in [1.165, 1.54) is 12.1 Å². The smallest absolute Gasteiger partial charge is 0.224 e. The highest BCUT2D eigenvalue weighted by Gasteiger charge is 2.11. The lowest BCUT2D eigenvalue weighted by atomic mass is 10.1. The Hall–Kier alpha value is -0.970. The van der Waals surface area contributed by atoms with Crippen molar-refractivity contribution in [2.75, 3.05) is 11.9 Å². The van der Waals surface area contributed by atoms with E-state index in [2.05, 4.69) is 5.32 Å². The van der Waals surface area contributed by atoms with Crippen LogP contribution in [0.1, 0.15) is 13.3 Å². The number of benzene rings is 1. The van der Waals surface area contributed by atoms with Crippen LogP contribution < -0.4 is 11.1 Å².